The van der Waals surface area contributed by atoms with E-state index in [-0.39, 0.29) is 41.8 Å². The van der Waals surface area contributed by atoms with Gasteiger partial charge in [-0.1, -0.05) is 30.7 Å². The van der Waals surface area contributed by atoms with Gasteiger partial charge in [0.15, 0.2) is 0 Å². The van der Waals surface area contributed by atoms with Crippen molar-refractivity contribution in [3.8, 4) is 0 Å². The first-order valence-electron chi connectivity index (χ1n) is 10.0. The fourth-order valence-corrected chi connectivity index (χ4v) is 5.19. The summed E-state index contributed by atoms with van der Waals surface area (Å²) in [5.74, 6) is 0.648. The summed E-state index contributed by atoms with van der Waals surface area (Å²) in [5, 5.41) is 10.4. The van der Waals surface area contributed by atoms with Crippen LogP contribution in [0.1, 0.15) is 43.0 Å². The quantitative estimate of drug-likeness (QED) is 0.711. The molecule has 3 fully saturated rings. The van der Waals surface area contributed by atoms with Gasteiger partial charge >= 0.3 is 0 Å². The van der Waals surface area contributed by atoms with Gasteiger partial charge in [0.1, 0.15) is 0 Å². The van der Waals surface area contributed by atoms with E-state index in [4.69, 9.17) is 26.2 Å². The first kappa shape index (κ1) is 21.6. The topological polar surface area (TPSA) is 95.9 Å². The van der Waals surface area contributed by atoms with Crippen LogP contribution in [0.4, 0.5) is 0 Å². The van der Waals surface area contributed by atoms with Crippen molar-refractivity contribution in [1.82, 2.24) is 10.2 Å². The number of benzene rings is 1. The standard InChI is InChI=1S/C20H25ClN2O3.CH2O2/c1-2-5-18(24)22-10-14-15-11-23(12-20(15)9-8-17(14)26-20)19(25)13-6-3-4-7-16(13)21;2-1-3/h3-4,6-7,14-15,17H,2,5,8-12H2,1H3,(H,22,24);1H,(H,2,3)/t14-,15+,17+,20+;/m0./s1. The normalized spacial score (nSPS) is 29.0. The highest BCUT2D eigenvalue weighted by Gasteiger charge is 2.63. The highest BCUT2D eigenvalue weighted by molar-refractivity contribution is 6.33. The molecule has 2 amide bonds. The number of fused-ring (bicyclic) bond motifs is 1. The number of likely N-dealkylation sites (tertiary alicyclic amines) is 1. The van der Waals surface area contributed by atoms with E-state index in [0.717, 1.165) is 19.3 Å². The van der Waals surface area contributed by atoms with E-state index in [2.05, 4.69) is 5.32 Å². The summed E-state index contributed by atoms with van der Waals surface area (Å²) in [7, 11) is 0. The Morgan fingerprint density at radius 2 is 2.14 bits per heavy atom. The molecule has 0 saturated carbocycles. The van der Waals surface area contributed by atoms with Crippen molar-refractivity contribution in [2.24, 2.45) is 11.8 Å². The molecule has 0 unspecified atom stereocenters. The molecule has 1 aromatic carbocycles. The van der Waals surface area contributed by atoms with Crippen molar-refractivity contribution in [3.63, 3.8) is 0 Å². The average Bonchev–Trinajstić information content (AvgIpc) is 3.35. The van der Waals surface area contributed by atoms with Crippen LogP contribution in [0.2, 0.25) is 5.02 Å². The lowest BCUT2D eigenvalue weighted by Gasteiger charge is -2.29. The Bertz CT molecular complexity index is 773. The Morgan fingerprint density at radius 1 is 1.41 bits per heavy atom. The summed E-state index contributed by atoms with van der Waals surface area (Å²) in [6.07, 6.45) is 3.63. The van der Waals surface area contributed by atoms with Crippen molar-refractivity contribution in [2.45, 2.75) is 44.3 Å². The zero-order chi connectivity index (χ0) is 21.0. The molecule has 3 heterocycles. The first-order chi connectivity index (χ1) is 14.0. The molecule has 2 N–H and O–H groups in total. The molecule has 7 nitrogen and oxygen atoms in total. The lowest BCUT2D eigenvalue weighted by Crippen LogP contribution is -2.41. The van der Waals surface area contributed by atoms with E-state index in [0.29, 0.717) is 36.6 Å². The molecule has 3 saturated heterocycles. The van der Waals surface area contributed by atoms with Crippen LogP contribution in [0.5, 0.6) is 0 Å². The second kappa shape index (κ2) is 9.13. The molecular weight excluding hydrogens is 396 g/mol. The van der Waals surface area contributed by atoms with Crippen LogP contribution in [-0.4, -0.2) is 59.6 Å². The number of halogens is 1. The molecule has 4 atom stereocenters. The van der Waals surface area contributed by atoms with Gasteiger partial charge in [0, 0.05) is 31.3 Å². The van der Waals surface area contributed by atoms with Crippen molar-refractivity contribution in [1.29, 1.82) is 0 Å². The van der Waals surface area contributed by atoms with E-state index in [9.17, 15) is 9.59 Å². The maximum atomic E-state index is 12.9. The SMILES string of the molecule is CCCC(=O)NC[C@H]1[C@H]2CN(C(=O)c3ccccc3Cl)C[C@]23CC[C@H]1O3.O=CO. The van der Waals surface area contributed by atoms with Crippen LogP contribution >= 0.6 is 11.6 Å². The molecular formula is C21H27ClN2O5. The Hall–Kier alpha value is -2.12. The molecule has 0 aromatic heterocycles. The van der Waals surface area contributed by atoms with Gasteiger partial charge in [-0.25, -0.2) is 0 Å². The third-order valence-electron chi connectivity index (χ3n) is 6.19. The fraction of sp³-hybridized carbons (Fsp3) is 0.571. The molecule has 158 valence electrons. The average molecular weight is 423 g/mol. The summed E-state index contributed by atoms with van der Waals surface area (Å²) in [6, 6.07) is 7.19. The van der Waals surface area contributed by atoms with Gasteiger partial charge in [-0.2, -0.15) is 0 Å². The lowest BCUT2D eigenvalue weighted by atomic mass is 9.73. The largest absolute Gasteiger partial charge is 0.483 e. The molecule has 0 aliphatic carbocycles. The maximum absolute atomic E-state index is 12.9. The van der Waals surface area contributed by atoms with Crippen LogP contribution in [-0.2, 0) is 14.3 Å². The third kappa shape index (κ3) is 4.26. The van der Waals surface area contributed by atoms with Gasteiger partial charge < -0.3 is 20.1 Å². The zero-order valence-electron chi connectivity index (χ0n) is 16.5. The Kier molecular flexibility index (Phi) is 6.80. The second-order valence-electron chi connectivity index (χ2n) is 7.86. The van der Waals surface area contributed by atoms with E-state index in [1.165, 1.54) is 0 Å². The number of amides is 2. The number of ether oxygens (including phenoxy) is 1. The number of carboxylic acid groups (broad SMARTS) is 1. The van der Waals surface area contributed by atoms with Gasteiger partial charge in [0.2, 0.25) is 5.91 Å². The van der Waals surface area contributed by atoms with Crippen molar-refractivity contribution < 1.29 is 24.2 Å². The number of hydrogen-bond acceptors (Lipinski definition) is 4. The first-order valence-corrected chi connectivity index (χ1v) is 10.4. The molecule has 3 aliphatic rings. The molecule has 29 heavy (non-hydrogen) atoms. The minimum Gasteiger partial charge on any atom is -0.483 e. The zero-order valence-corrected chi connectivity index (χ0v) is 17.2. The number of nitrogens with zero attached hydrogens (tertiary/aromatic N) is 1. The van der Waals surface area contributed by atoms with E-state index < -0.39 is 0 Å². The second-order valence-corrected chi connectivity index (χ2v) is 8.26. The molecule has 3 aliphatic heterocycles. The van der Waals surface area contributed by atoms with Crippen LogP contribution in [0.25, 0.3) is 0 Å². The predicted molar refractivity (Wildman–Crippen MR) is 108 cm³/mol. The predicted octanol–water partition coefficient (Wildman–Crippen LogP) is 2.58. The summed E-state index contributed by atoms with van der Waals surface area (Å²) < 4.78 is 6.36. The van der Waals surface area contributed by atoms with Crippen LogP contribution in [0.3, 0.4) is 0 Å². The minimum atomic E-state index is -0.250. The summed E-state index contributed by atoms with van der Waals surface area (Å²) >= 11 is 6.21. The van der Waals surface area contributed by atoms with Gasteiger partial charge in [-0.05, 0) is 31.4 Å². The summed E-state index contributed by atoms with van der Waals surface area (Å²) in [6.45, 7) is 3.70. The van der Waals surface area contributed by atoms with Gasteiger partial charge in [-0.15, -0.1) is 0 Å². The molecule has 0 radical (unpaired) electrons. The van der Waals surface area contributed by atoms with Crippen molar-refractivity contribution in [2.75, 3.05) is 19.6 Å². The number of nitrogens with one attached hydrogen (secondary N) is 1. The van der Waals surface area contributed by atoms with Crippen molar-refractivity contribution in [3.05, 3.63) is 34.9 Å². The maximum Gasteiger partial charge on any atom is 0.290 e. The molecule has 1 spiro atoms. The van der Waals surface area contributed by atoms with Crippen LogP contribution in [0, 0.1) is 11.8 Å². The lowest BCUT2D eigenvalue weighted by molar-refractivity contribution is -0.123. The molecule has 2 bridgehead atoms. The Balaban J connectivity index is 0.000000755. The smallest absolute Gasteiger partial charge is 0.290 e. The van der Waals surface area contributed by atoms with Gasteiger partial charge in [0.05, 0.1) is 28.8 Å². The number of hydrogen-bond donors (Lipinski definition) is 2. The Morgan fingerprint density at radius 3 is 2.83 bits per heavy atom. The monoisotopic (exact) mass is 422 g/mol. The minimum absolute atomic E-state index is 0.0276. The van der Waals surface area contributed by atoms with Crippen molar-refractivity contribution >= 4 is 29.9 Å². The molecule has 8 heteroatoms. The van der Waals surface area contributed by atoms with Gasteiger partial charge in [-0.3, -0.25) is 14.4 Å². The molecule has 4 rings (SSSR count). The van der Waals surface area contributed by atoms with E-state index >= 15 is 0 Å². The highest BCUT2D eigenvalue weighted by Crippen LogP contribution is 2.54. The number of carbonyl (C=O) groups excluding carboxylic acids is 2. The number of carbonyl (C=O) groups is 3. The number of rotatable bonds is 5. The van der Waals surface area contributed by atoms with Gasteiger partial charge in [0.25, 0.3) is 12.4 Å². The van der Waals surface area contributed by atoms with E-state index in [1.807, 2.05) is 24.0 Å². The third-order valence-corrected chi connectivity index (χ3v) is 6.52. The fourth-order valence-electron chi connectivity index (χ4n) is 4.97. The molecule has 1 aromatic rings. The van der Waals surface area contributed by atoms with Crippen LogP contribution in [0.15, 0.2) is 24.3 Å². The Labute approximate surface area is 175 Å². The van der Waals surface area contributed by atoms with E-state index in [1.54, 1.807) is 12.1 Å². The summed E-state index contributed by atoms with van der Waals surface area (Å²) in [5.41, 5.74) is 0.315. The summed E-state index contributed by atoms with van der Waals surface area (Å²) in [4.78, 5) is 35.0. The highest BCUT2D eigenvalue weighted by atomic mass is 35.5. The van der Waals surface area contributed by atoms with Crippen LogP contribution < -0.4 is 5.32 Å².